The molecule has 5 heteroatoms. The third-order valence-electron chi connectivity index (χ3n) is 3.85. The van der Waals surface area contributed by atoms with E-state index in [-0.39, 0.29) is 0 Å². The molecule has 0 atom stereocenters. The molecule has 1 saturated carbocycles. The topological polar surface area (TPSA) is 56.2 Å². The summed E-state index contributed by atoms with van der Waals surface area (Å²) in [5.41, 5.74) is 3.74. The Labute approximate surface area is 124 Å². The summed E-state index contributed by atoms with van der Waals surface area (Å²) in [6.07, 6.45) is 14.3. The molecule has 0 N–H and O–H groups in total. The van der Waals surface area contributed by atoms with Crippen molar-refractivity contribution >= 4 is 5.65 Å². The number of nitrogens with zero attached hydrogens (tertiary/aromatic N) is 4. The van der Waals surface area contributed by atoms with Crippen LogP contribution in [-0.2, 0) is 0 Å². The van der Waals surface area contributed by atoms with Gasteiger partial charge >= 0.3 is 0 Å². The first-order valence-electron chi connectivity index (χ1n) is 7.55. The molecule has 0 bridgehead atoms. The summed E-state index contributed by atoms with van der Waals surface area (Å²) in [7, 11) is 0. The maximum Gasteiger partial charge on any atom is 0.160 e. The van der Waals surface area contributed by atoms with E-state index in [9.17, 15) is 0 Å². The van der Waals surface area contributed by atoms with Crippen molar-refractivity contribution in [3.63, 3.8) is 0 Å². The van der Waals surface area contributed by atoms with Gasteiger partial charge in [-0.15, -0.1) is 10.2 Å². The highest BCUT2D eigenvalue weighted by atomic mass is 16.5. The number of rotatable bonds is 1. The van der Waals surface area contributed by atoms with Gasteiger partial charge in [0.25, 0.3) is 0 Å². The lowest BCUT2D eigenvalue weighted by molar-refractivity contribution is 0.415. The minimum atomic E-state index is 0.827. The van der Waals surface area contributed by atoms with Crippen LogP contribution in [0.1, 0.15) is 44.2 Å². The molecule has 21 heavy (non-hydrogen) atoms. The van der Waals surface area contributed by atoms with Crippen molar-refractivity contribution in [3.05, 3.63) is 36.6 Å². The van der Waals surface area contributed by atoms with Crippen molar-refractivity contribution < 1.29 is 4.52 Å². The second-order valence-electron chi connectivity index (χ2n) is 5.45. The molecule has 0 radical (unpaired) electrons. The van der Waals surface area contributed by atoms with Gasteiger partial charge in [-0.1, -0.05) is 43.7 Å². The summed E-state index contributed by atoms with van der Waals surface area (Å²) < 4.78 is 6.77. The molecule has 0 aromatic carbocycles. The maximum atomic E-state index is 4.90. The van der Waals surface area contributed by atoms with Gasteiger partial charge in [-0.3, -0.25) is 4.40 Å². The Kier molecular flexibility index (Phi) is 4.28. The zero-order chi connectivity index (χ0) is 14.5. The van der Waals surface area contributed by atoms with Gasteiger partial charge in [-0.05, 0) is 19.1 Å². The molecule has 1 fully saturated rings. The molecule has 3 aromatic rings. The second kappa shape index (κ2) is 6.52. The minimum Gasteiger partial charge on any atom is -0.364 e. The van der Waals surface area contributed by atoms with Crippen molar-refractivity contribution in [1.29, 1.82) is 0 Å². The Balaban J connectivity index is 0.000000186. The Hall–Kier alpha value is -2.17. The second-order valence-corrected chi connectivity index (χ2v) is 5.45. The zero-order valence-electron chi connectivity index (χ0n) is 12.3. The SMILES string of the molecule is C1CCCCC1.Cc1nocc1-c1ccc2nncn2c1. The van der Waals surface area contributed by atoms with Crippen molar-refractivity contribution in [1.82, 2.24) is 19.8 Å². The molecule has 0 saturated heterocycles. The molecule has 0 spiro atoms. The highest BCUT2D eigenvalue weighted by Crippen LogP contribution is 2.22. The standard InChI is InChI=1S/C10H8N4O.C6H12/c1-7-9(5-15-13-7)8-2-3-10-12-11-6-14(10)4-8;1-2-4-6-5-3-1/h2-6H,1H3;1-6H2. The fourth-order valence-electron chi connectivity index (χ4n) is 2.62. The van der Waals surface area contributed by atoms with Gasteiger partial charge < -0.3 is 4.52 Å². The number of hydrogen-bond acceptors (Lipinski definition) is 4. The molecule has 5 nitrogen and oxygen atoms in total. The van der Waals surface area contributed by atoms with Gasteiger partial charge in [0.1, 0.15) is 12.6 Å². The number of aryl methyl sites for hydroxylation is 1. The third-order valence-corrected chi connectivity index (χ3v) is 3.85. The lowest BCUT2D eigenvalue weighted by atomic mass is 10.0. The average molecular weight is 284 g/mol. The van der Waals surface area contributed by atoms with Crippen LogP contribution in [0.15, 0.2) is 35.4 Å². The number of aromatic nitrogens is 4. The number of fused-ring (bicyclic) bond motifs is 1. The molecule has 110 valence electrons. The smallest absolute Gasteiger partial charge is 0.160 e. The molecule has 1 aliphatic rings. The Morgan fingerprint density at radius 1 is 1.05 bits per heavy atom. The van der Waals surface area contributed by atoms with Crippen LogP contribution in [0.4, 0.5) is 0 Å². The monoisotopic (exact) mass is 284 g/mol. The first kappa shape index (κ1) is 13.8. The van der Waals surface area contributed by atoms with Gasteiger partial charge in [0.2, 0.25) is 0 Å². The lowest BCUT2D eigenvalue weighted by Gasteiger charge is -2.05. The largest absolute Gasteiger partial charge is 0.364 e. The van der Waals surface area contributed by atoms with Crippen LogP contribution >= 0.6 is 0 Å². The molecule has 0 unspecified atom stereocenters. The molecule has 0 amide bonds. The van der Waals surface area contributed by atoms with Crippen LogP contribution in [-0.4, -0.2) is 19.8 Å². The van der Waals surface area contributed by atoms with Crippen LogP contribution in [0.25, 0.3) is 16.8 Å². The number of hydrogen-bond donors (Lipinski definition) is 0. The van der Waals surface area contributed by atoms with E-state index in [1.165, 1.54) is 38.5 Å². The van der Waals surface area contributed by atoms with Crippen LogP contribution in [0.5, 0.6) is 0 Å². The van der Waals surface area contributed by atoms with E-state index in [0.717, 1.165) is 22.5 Å². The van der Waals surface area contributed by atoms with E-state index in [0.29, 0.717) is 0 Å². The van der Waals surface area contributed by atoms with Gasteiger partial charge in [0.15, 0.2) is 5.65 Å². The van der Waals surface area contributed by atoms with E-state index in [1.54, 1.807) is 12.6 Å². The van der Waals surface area contributed by atoms with E-state index >= 15 is 0 Å². The van der Waals surface area contributed by atoms with Gasteiger partial charge in [-0.2, -0.15) is 0 Å². The highest BCUT2D eigenvalue weighted by molar-refractivity contribution is 5.65. The fraction of sp³-hybridized carbons (Fsp3) is 0.438. The number of pyridine rings is 1. The van der Waals surface area contributed by atoms with Crippen molar-refractivity contribution in [3.8, 4) is 11.1 Å². The van der Waals surface area contributed by atoms with Crippen molar-refractivity contribution in [2.75, 3.05) is 0 Å². The van der Waals surface area contributed by atoms with E-state index in [2.05, 4.69) is 15.4 Å². The van der Waals surface area contributed by atoms with Crippen LogP contribution in [0.3, 0.4) is 0 Å². The zero-order valence-corrected chi connectivity index (χ0v) is 12.3. The Morgan fingerprint density at radius 2 is 1.76 bits per heavy atom. The lowest BCUT2D eigenvalue weighted by Crippen LogP contribution is -1.85. The quantitative estimate of drug-likeness (QED) is 0.677. The summed E-state index contributed by atoms with van der Waals surface area (Å²) in [4.78, 5) is 0. The minimum absolute atomic E-state index is 0.827. The molecule has 4 rings (SSSR count). The average Bonchev–Trinajstić information content (AvgIpc) is 3.17. The Bertz CT molecular complexity index is 685. The maximum absolute atomic E-state index is 4.90. The first-order chi connectivity index (χ1) is 10.3. The summed E-state index contributed by atoms with van der Waals surface area (Å²) in [5, 5.41) is 11.6. The van der Waals surface area contributed by atoms with Gasteiger partial charge in [-0.25, -0.2) is 0 Å². The van der Waals surface area contributed by atoms with E-state index in [4.69, 9.17) is 4.52 Å². The molecule has 3 heterocycles. The molecule has 1 aliphatic carbocycles. The van der Waals surface area contributed by atoms with Gasteiger partial charge in [0.05, 0.1) is 5.69 Å². The first-order valence-corrected chi connectivity index (χ1v) is 7.55. The highest BCUT2D eigenvalue weighted by Gasteiger charge is 2.06. The van der Waals surface area contributed by atoms with Crippen LogP contribution in [0.2, 0.25) is 0 Å². The van der Waals surface area contributed by atoms with E-state index < -0.39 is 0 Å². The third kappa shape index (κ3) is 3.29. The summed E-state index contributed by atoms with van der Waals surface area (Å²) >= 11 is 0. The molecular formula is C16H20N4O. The van der Waals surface area contributed by atoms with E-state index in [1.807, 2.05) is 29.7 Å². The predicted octanol–water partition coefficient (Wildman–Crippen LogP) is 4.03. The molecule has 0 aliphatic heterocycles. The van der Waals surface area contributed by atoms with Crippen molar-refractivity contribution in [2.24, 2.45) is 0 Å². The normalized spacial score (nSPS) is 14.7. The molecular weight excluding hydrogens is 264 g/mol. The Morgan fingerprint density at radius 3 is 2.38 bits per heavy atom. The summed E-state index contributed by atoms with van der Waals surface area (Å²) in [5.74, 6) is 0. The summed E-state index contributed by atoms with van der Waals surface area (Å²) in [6.45, 7) is 1.91. The fourth-order valence-corrected chi connectivity index (χ4v) is 2.62. The van der Waals surface area contributed by atoms with Crippen molar-refractivity contribution in [2.45, 2.75) is 45.4 Å². The predicted molar refractivity (Wildman–Crippen MR) is 80.9 cm³/mol. The molecule has 3 aromatic heterocycles. The van der Waals surface area contributed by atoms with Crippen LogP contribution < -0.4 is 0 Å². The van der Waals surface area contributed by atoms with Gasteiger partial charge in [0, 0.05) is 17.3 Å². The van der Waals surface area contributed by atoms with Crippen LogP contribution in [0, 0.1) is 6.92 Å². The summed E-state index contributed by atoms with van der Waals surface area (Å²) in [6, 6.07) is 3.89.